The van der Waals surface area contributed by atoms with Crippen LogP contribution in [0.2, 0.25) is 0 Å². The number of fused-ring (bicyclic) bond motifs is 2. The van der Waals surface area contributed by atoms with E-state index in [2.05, 4.69) is 24.8 Å². The molecule has 2 heterocycles. The average molecular weight is 214 g/mol. The van der Waals surface area contributed by atoms with Gasteiger partial charge in [0.2, 0.25) is 0 Å². The van der Waals surface area contributed by atoms with Crippen LogP contribution in [0, 0.1) is 0 Å². The van der Waals surface area contributed by atoms with E-state index in [1.807, 2.05) is 0 Å². The molecular weight excluding hydrogens is 194 g/mol. The van der Waals surface area contributed by atoms with Crippen molar-refractivity contribution in [1.29, 1.82) is 0 Å². The Morgan fingerprint density at radius 2 is 1.86 bits per heavy atom. The molecule has 0 aromatic rings. The minimum absolute atomic E-state index is 0.440. The number of hydrogen-bond acceptors (Lipinski definition) is 1. The first-order chi connectivity index (χ1) is 6.66. The summed E-state index contributed by atoms with van der Waals surface area (Å²) in [4.78, 5) is 2.66. The van der Waals surface area contributed by atoms with E-state index >= 15 is 0 Å². The van der Waals surface area contributed by atoms with E-state index in [-0.39, 0.29) is 0 Å². The van der Waals surface area contributed by atoms with Crippen LogP contribution >= 0.6 is 11.6 Å². The molecule has 2 fully saturated rings. The van der Waals surface area contributed by atoms with Gasteiger partial charge in [-0.1, -0.05) is 11.6 Å². The predicted molar refractivity (Wildman–Crippen MR) is 61.8 cm³/mol. The molecule has 2 saturated heterocycles. The lowest BCUT2D eigenvalue weighted by Gasteiger charge is -2.36. The van der Waals surface area contributed by atoms with Crippen LogP contribution < -0.4 is 0 Å². The summed E-state index contributed by atoms with van der Waals surface area (Å²) in [5.74, 6) is 0. The van der Waals surface area contributed by atoms with E-state index < -0.39 is 0 Å². The predicted octanol–water partition coefficient (Wildman–Crippen LogP) is 3.19. The van der Waals surface area contributed by atoms with Crippen LogP contribution in [0.3, 0.4) is 0 Å². The van der Waals surface area contributed by atoms with Gasteiger partial charge in [-0.05, 0) is 39.5 Å². The number of hydrogen-bond donors (Lipinski definition) is 0. The zero-order chi connectivity index (χ0) is 10.1. The number of nitrogens with zero attached hydrogens (tertiary/aromatic N) is 1. The fourth-order valence-corrected chi connectivity index (χ4v) is 3.21. The van der Waals surface area contributed by atoms with E-state index in [1.54, 1.807) is 0 Å². The first-order valence-electron chi connectivity index (χ1n) is 5.70. The monoisotopic (exact) mass is 213 g/mol. The van der Waals surface area contributed by atoms with Crippen molar-refractivity contribution in [2.75, 3.05) is 6.54 Å². The summed E-state index contributed by atoms with van der Waals surface area (Å²) >= 11 is 6.23. The molecule has 0 aromatic carbocycles. The van der Waals surface area contributed by atoms with Crippen LogP contribution in [0.1, 0.15) is 39.5 Å². The molecule has 80 valence electrons. The minimum atomic E-state index is 0.440. The largest absolute Gasteiger partial charge is 0.294 e. The van der Waals surface area contributed by atoms with Crippen LogP contribution in [-0.4, -0.2) is 28.9 Å². The van der Waals surface area contributed by atoms with Crippen LogP contribution in [0.25, 0.3) is 0 Å². The van der Waals surface area contributed by atoms with E-state index in [0.29, 0.717) is 5.38 Å². The minimum Gasteiger partial charge on any atom is -0.294 e. The van der Waals surface area contributed by atoms with Crippen molar-refractivity contribution in [3.05, 3.63) is 11.6 Å². The number of alkyl halides is 1. The van der Waals surface area contributed by atoms with Gasteiger partial charge in [0.1, 0.15) is 0 Å². The van der Waals surface area contributed by atoms with Crippen molar-refractivity contribution in [2.45, 2.75) is 57.0 Å². The Bertz CT molecular complexity index is 218. The Kier molecular flexibility index (Phi) is 3.18. The summed E-state index contributed by atoms with van der Waals surface area (Å²) < 4.78 is 0. The highest BCUT2D eigenvalue weighted by Gasteiger charge is 2.39. The Hall–Kier alpha value is -0.0100. The van der Waals surface area contributed by atoms with Crippen LogP contribution in [0.5, 0.6) is 0 Å². The third-order valence-electron chi connectivity index (χ3n) is 3.54. The van der Waals surface area contributed by atoms with Crippen molar-refractivity contribution in [3.8, 4) is 0 Å². The molecule has 2 rings (SSSR count). The van der Waals surface area contributed by atoms with Crippen LogP contribution in [0.15, 0.2) is 11.6 Å². The van der Waals surface area contributed by atoms with Crippen LogP contribution in [0.4, 0.5) is 0 Å². The molecule has 2 atom stereocenters. The quantitative estimate of drug-likeness (QED) is 0.503. The molecule has 2 unspecified atom stereocenters. The molecular formula is C12H20ClN. The fraction of sp³-hybridized carbons (Fsp3) is 0.833. The fourth-order valence-electron chi connectivity index (χ4n) is 2.79. The molecule has 1 nitrogen and oxygen atoms in total. The number of allylic oxidation sites excluding steroid dienone is 1. The van der Waals surface area contributed by atoms with E-state index in [1.165, 1.54) is 31.3 Å². The molecule has 0 N–H and O–H groups in total. The smallest absolute Gasteiger partial charge is 0.0365 e. The molecule has 2 aliphatic heterocycles. The van der Waals surface area contributed by atoms with Gasteiger partial charge in [0.25, 0.3) is 0 Å². The number of piperidine rings is 1. The molecule has 2 heteroatoms. The Morgan fingerprint density at radius 1 is 1.29 bits per heavy atom. The summed E-state index contributed by atoms with van der Waals surface area (Å²) in [7, 11) is 0. The van der Waals surface area contributed by atoms with Crippen molar-refractivity contribution < 1.29 is 0 Å². The lowest BCUT2D eigenvalue weighted by Crippen LogP contribution is -2.43. The molecule has 0 spiro atoms. The van der Waals surface area contributed by atoms with Crippen molar-refractivity contribution in [3.63, 3.8) is 0 Å². The maximum absolute atomic E-state index is 6.23. The van der Waals surface area contributed by atoms with Gasteiger partial charge in [0, 0.05) is 24.0 Å². The van der Waals surface area contributed by atoms with Crippen LogP contribution in [-0.2, 0) is 0 Å². The second-order valence-electron chi connectivity index (χ2n) is 4.93. The summed E-state index contributed by atoms with van der Waals surface area (Å²) in [6.45, 7) is 5.49. The Labute approximate surface area is 92.1 Å². The van der Waals surface area contributed by atoms with Gasteiger partial charge in [-0.3, -0.25) is 4.90 Å². The molecule has 0 aliphatic carbocycles. The molecule has 0 amide bonds. The summed E-state index contributed by atoms with van der Waals surface area (Å²) in [5.41, 5.74) is 1.43. The van der Waals surface area contributed by atoms with Gasteiger partial charge >= 0.3 is 0 Å². The van der Waals surface area contributed by atoms with Gasteiger partial charge in [0.05, 0.1) is 0 Å². The lowest BCUT2D eigenvalue weighted by atomic mass is 10.0. The summed E-state index contributed by atoms with van der Waals surface area (Å²) in [6, 6.07) is 1.54. The van der Waals surface area contributed by atoms with Crippen molar-refractivity contribution in [2.24, 2.45) is 0 Å². The second-order valence-corrected chi connectivity index (χ2v) is 5.55. The molecule has 0 radical (unpaired) electrons. The highest BCUT2D eigenvalue weighted by atomic mass is 35.5. The average Bonchev–Trinajstić information content (AvgIpc) is 2.34. The normalized spacial score (nSPS) is 37.2. The van der Waals surface area contributed by atoms with Gasteiger partial charge in [-0.25, -0.2) is 0 Å². The molecule has 0 saturated carbocycles. The number of halogens is 1. The van der Waals surface area contributed by atoms with Gasteiger partial charge in [-0.15, -0.1) is 11.6 Å². The van der Waals surface area contributed by atoms with Crippen molar-refractivity contribution in [1.82, 2.24) is 4.90 Å². The number of rotatable bonds is 2. The maximum Gasteiger partial charge on any atom is 0.0365 e. The maximum atomic E-state index is 6.23. The zero-order valence-electron chi connectivity index (χ0n) is 9.17. The first-order valence-corrected chi connectivity index (χ1v) is 6.13. The highest BCUT2D eigenvalue weighted by molar-refractivity contribution is 6.20. The topological polar surface area (TPSA) is 3.24 Å². The molecule has 2 aliphatic rings. The van der Waals surface area contributed by atoms with Gasteiger partial charge < -0.3 is 0 Å². The molecule has 14 heavy (non-hydrogen) atoms. The third-order valence-corrected chi connectivity index (χ3v) is 3.89. The third kappa shape index (κ3) is 2.14. The highest BCUT2D eigenvalue weighted by Crippen LogP contribution is 2.37. The summed E-state index contributed by atoms with van der Waals surface area (Å²) in [5, 5.41) is 0.440. The second kappa shape index (κ2) is 4.24. The summed E-state index contributed by atoms with van der Waals surface area (Å²) in [6.07, 6.45) is 7.48. The molecule has 0 aromatic heterocycles. The first kappa shape index (κ1) is 10.5. The van der Waals surface area contributed by atoms with Gasteiger partial charge in [0.15, 0.2) is 0 Å². The van der Waals surface area contributed by atoms with Gasteiger partial charge in [-0.2, -0.15) is 0 Å². The lowest BCUT2D eigenvalue weighted by molar-refractivity contribution is 0.160. The van der Waals surface area contributed by atoms with E-state index in [0.717, 1.165) is 18.6 Å². The zero-order valence-corrected chi connectivity index (χ0v) is 9.93. The van der Waals surface area contributed by atoms with E-state index in [9.17, 15) is 0 Å². The SMILES string of the molecule is CC(C)=CCN1C2CCC1CC(Cl)C2. The Morgan fingerprint density at radius 3 is 2.36 bits per heavy atom. The molecule has 2 bridgehead atoms. The van der Waals surface area contributed by atoms with E-state index in [4.69, 9.17) is 11.6 Å². The Balaban J connectivity index is 1.97. The standard InChI is InChI=1S/C12H20ClN/c1-9(2)5-6-14-11-3-4-12(14)8-10(13)7-11/h5,10-12H,3-4,6-8H2,1-2H3. The van der Waals surface area contributed by atoms with Crippen molar-refractivity contribution >= 4 is 11.6 Å².